The molecule has 0 fully saturated rings. The van der Waals surface area contributed by atoms with Crippen LogP contribution >= 0.6 is 23.2 Å². The first-order chi connectivity index (χ1) is 5.70. The summed E-state index contributed by atoms with van der Waals surface area (Å²) in [6, 6.07) is 5.56. The average Bonchev–Trinajstić information content (AvgIpc) is 2.29. The van der Waals surface area contributed by atoms with Crippen molar-refractivity contribution in [3.05, 3.63) is 28.5 Å². The summed E-state index contributed by atoms with van der Waals surface area (Å²) in [5, 5.41) is 1.13. The lowest BCUT2D eigenvalue weighted by Gasteiger charge is -1.96. The van der Waals surface area contributed by atoms with E-state index in [4.69, 9.17) is 23.2 Å². The van der Waals surface area contributed by atoms with Crippen LogP contribution in [0.5, 0.6) is 0 Å². The third-order valence-corrected chi connectivity index (χ3v) is 2.43. The van der Waals surface area contributed by atoms with E-state index in [9.17, 15) is 0 Å². The summed E-state index contributed by atoms with van der Waals surface area (Å²) < 4.78 is 1.76. The van der Waals surface area contributed by atoms with Crippen LogP contribution in [0.3, 0.4) is 0 Å². The Labute approximate surface area is 79.7 Å². The van der Waals surface area contributed by atoms with Gasteiger partial charge in [0.05, 0.1) is 16.1 Å². The predicted molar refractivity (Wildman–Crippen MR) is 50.7 cm³/mol. The highest BCUT2D eigenvalue weighted by molar-refractivity contribution is 6.36. The summed E-state index contributed by atoms with van der Waals surface area (Å²) in [7, 11) is 1.84. The quantitative estimate of drug-likeness (QED) is 0.640. The lowest BCUT2D eigenvalue weighted by molar-refractivity contribution is 0.949. The van der Waals surface area contributed by atoms with Crippen molar-refractivity contribution >= 4 is 34.2 Å². The minimum Gasteiger partial charge on any atom is -0.317 e. The zero-order valence-electron chi connectivity index (χ0n) is 6.38. The molecule has 0 atom stereocenters. The summed E-state index contributed by atoms with van der Waals surface area (Å²) in [4.78, 5) is 4.12. The predicted octanol–water partition coefficient (Wildman–Crippen LogP) is 2.88. The fourth-order valence-electron chi connectivity index (χ4n) is 1.19. The number of hydrogen-bond donors (Lipinski definition) is 0. The van der Waals surface area contributed by atoms with E-state index in [-0.39, 0.29) is 0 Å². The highest BCUT2D eigenvalue weighted by atomic mass is 35.5. The molecule has 2 nitrogen and oxygen atoms in total. The Morgan fingerprint density at radius 3 is 2.75 bits per heavy atom. The summed E-state index contributed by atoms with van der Waals surface area (Å²) in [6.45, 7) is 0. The highest BCUT2D eigenvalue weighted by Gasteiger charge is 2.07. The molecule has 0 radical (unpaired) electrons. The molecule has 0 N–H and O–H groups in total. The van der Waals surface area contributed by atoms with Crippen LogP contribution in [0.1, 0.15) is 0 Å². The van der Waals surface area contributed by atoms with Crippen LogP contribution in [0.25, 0.3) is 11.0 Å². The maximum Gasteiger partial charge on any atom is 0.203 e. The Hall–Kier alpha value is -0.730. The molecule has 0 saturated heterocycles. The van der Waals surface area contributed by atoms with Crippen LogP contribution in [0.4, 0.5) is 0 Å². The number of nitrogens with zero attached hydrogens (tertiary/aromatic N) is 2. The van der Waals surface area contributed by atoms with Gasteiger partial charge >= 0.3 is 0 Å². The molecular weight excluding hydrogens is 195 g/mol. The number of aromatic nitrogens is 2. The molecule has 2 aromatic rings. The molecule has 4 heteroatoms. The minimum atomic E-state index is 0.457. The third kappa shape index (κ3) is 0.993. The molecule has 1 aromatic carbocycles. The van der Waals surface area contributed by atoms with E-state index in [1.54, 1.807) is 4.57 Å². The highest BCUT2D eigenvalue weighted by Crippen LogP contribution is 2.24. The van der Waals surface area contributed by atoms with Gasteiger partial charge in [0.1, 0.15) is 0 Å². The zero-order chi connectivity index (χ0) is 8.72. The second-order valence-electron chi connectivity index (χ2n) is 2.55. The first-order valence-corrected chi connectivity index (χ1v) is 4.22. The molecule has 0 amide bonds. The number of para-hydroxylation sites is 1. The van der Waals surface area contributed by atoms with Gasteiger partial charge in [-0.1, -0.05) is 17.7 Å². The van der Waals surface area contributed by atoms with Crippen LogP contribution in [0.2, 0.25) is 10.3 Å². The third-order valence-electron chi connectivity index (χ3n) is 1.79. The Balaban J connectivity index is 2.97. The van der Waals surface area contributed by atoms with Crippen molar-refractivity contribution in [1.82, 2.24) is 9.55 Å². The molecule has 0 aliphatic rings. The monoisotopic (exact) mass is 200 g/mol. The van der Waals surface area contributed by atoms with E-state index in [0.717, 1.165) is 11.0 Å². The number of rotatable bonds is 0. The van der Waals surface area contributed by atoms with Gasteiger partial charge in [0.15, 0.2) is 0 Å². The van der Waals surface area contributed by atoms with E-state index >= 15 is 0 Å². The topological polar surface area (TPSA) is 17.8 Å². The minimum absolute atomic E-state index is 0.457. The molecule has 1 aromatic heterocycles. The molecule has 1 heterocycles. The second-order valence-corrected chi connectivity index (χ2v) is 3.29. The number of halogens is 2. The summed E-state index contributed by atoms with van der Waals surface area (Å²) in [5.41, 5.74) is 1.71. The van der Waals surface area contributed by atoms with E-state index in [2.05, 4.69) is 4.98 Å². The molecule has 12 heavy (non-hydrogen) atoms. The van der Waals surface area contributed by atoms with Crippen LogP contribution in [0.15, 0.2) is 18.2 Å². The zero-order valence-corrected chi connectivity index (χ0v) is 7.89. The Morgan fingerprint density at radius 1 is 1.33 bits per heavy atom. The van der Waals surface area contributed by atoms with Crippen molar-refractivity contribution in [2.75, 3.05) is 0 Å². The average molecular weight is 201 g/mol. The molecule has 2 rings (SSSR count). The van der Waals surface area contributed by atoms with Crippen molar-refractivity contribution in [3.8, 4) is 0 Å². The second kappa shape index (κ2) is 2.64. The SMILES string of the molecule is Cn1c(Cl)nc2cccc(Cl)c21. The Bertz CT molecular complexity index is 434. The maximum atomic E-state index is 5.96. The summed E-state index contributed by atoms with van der Waals surface area (Å²) in [6.07, 6.45) is 0. The molecular formula is C8H6Cl2N2. The first-order valence-electron chi connectivity index (χ1n) is 3.46. The van der Waals surface area contributed by atoms with Crippen molar-refractivity contribution in [2.24, 2.45) is 7.05 Å². The van der Waals surface area contributed by atoms with Gasteiger partial charge in [-0.3, -0.25) is 0 Å². The van der Waals surface area contributed by atoms with E-state index < -0.39 is 0 Å². The number of aryl methyl sites for hydroxylation is 1. The van der Waals surface area contributed by atoms with E-state index in [1.165, 1.54) is 0 Å². The number of imidazole rings is 1. The summed E-state index contributed by atoms with van der Waals surface area (Å²) in [5.74, 6) is 0. The standard InChI is InChI=1S/C8H6Cl2N2/c1-12-7-5(9)3-2-4-6(7)11-8(12)10/h2-4H,1H3. The fourth-order valence-corrected chi connectivity index (χ4v) is 1.66. The summed E-state index contributed by atoms with van der Waals surface area (Å²) >= 11 is 11.8. The van der Waals surface area contributed by atoms with E-state index in [0.29, 0.717) is 10.3 Å². The van der Waals surface area contributed by atoms with Crippen LogP contribution in [0, 0.1) is 0 Å². The largest absolute Gasteiger partial charge is 0.317 e. The van der Waals surface area contributed by atoms with Crippen molar-refractivity contribution in [3.63, 3.8) is 0 Å². The number of fused-ring (bicyclic) bond motifs is 1. The maximum absolute atomic E-state index is 5.96. The van der Waals surface area contributed by atoms with Crippen LogP contribution < -0.4 is 0 Å². The normalized spacial score (nSPS) is 10.9. The molecule has 0 bridgehead atoms. The van der Waals surface area contributed by atoms with Crippen molar-refractivity contribution in [2.45, 2.75) is 0 Å². The first kappa shape index (κ1) is 7.90. The van der Waals surface area contributed by atoms with Crippen molar-refractivity contribution in [1.29, 1.82) is 0 Å². The van der Waals surface area contributed by atoms with Gasteiger partial charge in [0.2, 0.25) is 5.28 Å². The molecule has 0 saturated carbocycles. The lowest BCUT2D eigenvalue weighted by atomic mass is 10.3. The van der Waals surface area contributed by atoms with Crippen LogP contribution in [-0.2, 0) is 7.05 Å². The van der Waals surface area contributed by atoms with Crippen LogP contribution in [-0.4, -0.2) is 9.55 Å². The fraction of sp³-hybridized carbons (Fsp3) is 0.125. The lowest BCUT2D eigenvalue weighted by Crippen LogP contribution is -1.86. The van der Waals surface area contributed by atoms with Gasteiger partial charge in [-0.05, 0) is 23.7 Å². The van der Waals surface area contributed by atoms with Gasteiger partial charge < -0.3 is 4.57 Å². The van der Waals surface area contributed by atoms with Gasteiger partial charge in [0.25, 0.3) is 0 Å². The number of hydrogen-bond acceptors (Lipinski definition) is 1. The van der Waals surface area contributed by atoms with Gasteiger partial charge in [-0.25, -0.2) is 4.98 Å². The molecule has 0 spiro atoms. The molecule has 0 aliphatic carbocycles. The number of benzene rings is 1. The van der Waals surface area contributed by atoms with E-state index in [1.807, 2.05) is 25.2 Å². The van der Waals surface area contributed by atoms with Gasteiger partial charge in [-0.15, -0.1) is 0 Å². The van der Waals surface area contributed by atoms with Gasteiger partial charge in [-0.2, -0.15) is 0 Å². The molecule has 0 aliphatic heterocycles. The molecule has 62 valence electrons. The Morgan fingerprint density at radius 2 is 2.08 bits per heavy atom. The van der Waals surface area contributed by atoms with Gasteiger partial charge in [0, 0.05) is 7.05 Å². The smallest absolute Gasteiger partial charge is 0.203 e. The Kier molecular flexibility index (Phi) is 1.74. The van der Waals surface area contributed by atoms with Crippen molar-refractivity contribution < 1.29 is 0 Å². The molecule has 0 unspecified atom stereocenters.